The maximum Gasteiger partial charge on any atom is 0.306 e. The molecule has 0 fully saturated rings. The molecule has 0 aliphatic carbocycles. The summed E-state index contributed by atoms with van der Waals surface area (Å²) >= 11 is 0. The fourth-order valence-corrected chi connectivity index (χ4v) is 1.76. The van der Waals surface area contributed by atoms with Gasteiger partial charge in [0.2, 0.25) is 0 Å². The van der Waals surface area contributed by atoms with Crippen LogP contribution in [0.3, 0.4) is 0 Å². The summed E-state index contributed by atoms with van der Waals surface area (Å²) in [5.74, 6) is -0.0615. The Morgan fingerprint density at radius 2 is 2.07 bits per heavy atom. The van der Waals surface area contributed by atoms with Crippen LogP contribution in [0.25, 0.3) is 0 Å². The predicted octanol–water partition coefficient (Wildman–Crippen LogP) is 2.27. The zero-order valence-corrected chi connectivity index (χ0v) is 9.42. The fraction of sp³-hybridized carbons (Fsp3) is 0.400. The van der Waals surface area contributed by atoms with E-state index >= 15 is 0 Å². The average Bonchev–Trinajstić information content (AvgIpc) is 1.99. The Labute approximate surface area is 89.1 Å². The highest BCUT2D eigenvalue weighted by atomic mass is 32.3. The molecule has 5 heteroatoms. The van der Waals surface area contributed by atoms with E-state index in [4.69, 9.17) is 4.74 Å². The summed E-state index contributed by atoms with van der Waals surface area (Å²) in [5, 5.41) is 0. The first-order chi connectivity index (χ1) is 6.87. The Kier molecular flexibility index (Phi) is 3.68. The summed E-state index contributed by atoms with van der Waals surface area (Å²) in [5.41, 5.74) is 0.385. The van der Waals surface area contributed by atoms with Crippen molar-refractivity contribution < 1.29 is 17.0 Å². The topological polar surface area (TPSA) is 43.4 Å². The van der Waals surface area contributed by atoms with Crippen LogP contribution in [0.5, 0.6) is 5.75 Å². The molecule has 0 aromatic heterocycles. The summed E-state index contributed by atoms with van der Waals surface area (Å²) in [7, 11) is -4.48. The molecule has 0 unspecified atom stereocenters. The summed E-state index contributed by atoms with van der Waals surface area (Å²) in [6.07, 6.45) is 0.00207. The minimum absolute atomic E-state index is 0.00207. The maximum absolute atomic E-state index is 12.4. The van der Waals surface area contributed by atoms with E-state index in [2.05, 4.69) is 0 Å². The van der Waals surface area contributed by atoms with E-state index in [1.165, 1.54) is 6.07 Å². The molecule has 0 amide bonds. The van der Waals surface area contributed by atoms with Crippen LogP contribution in [0.1, 0.15) is 19.4 Å². The standard InChI is InChI=1S/C10H13FO3S/c1-8(2)14-10-5-3-4-9(6-10)7-15(11,12)13/h3-6,8H,7H2,1-2H3. The lowest BCUT2D eigenvalue weighted by Gasteiger charge is -2.10. The monoisotopic (exact) mass is 232 g/mol. The third-order valence-electron chi connectivity index (χ3n) is 1.61. The Morgan fingerprint density at radius 1 is 1.40 bits per heavy atom. The summed E-state index contributed by atoms with van der Waals surface area (Å²) in [4.78, 5) is 0. The van der Waals surface area contributed by atoms with Gasteiger partial charge in [0.05, 0.1) is 6.10 Å². The van der Waals surface area contributed by atoms with Crippen LogP contribution < -0.4 is 4.74 Å². The zero-order chi connectivity index (χ0) is 11.5. The molecule has 0 aliphatic rings. The second kappa shape index (κ2) is 4.61. The zero-order valence-electron chi connectivity index (χ0n) is 8.60. The molecule has 84 valence electrons. The molecule has 0 bridgehead atoms. The van der Waals surface area contributed by atoms with Gasteiger partial charge in [-0.2, -0.15) is 8.42 Å². The van der Waals surface area contributed by atoms with Gasteiger partial charge in [0.1, 0.15) is 11.5 Å². The van der Waals surface area contributed by atoms with Gasteiger partial charge in [0, 0.05) is 0 Å². The van der Waals surface area contributed by atoms with E-state index in [1.54, 1.807) is 18.2 Å². The van der Waals surface area contributed by atoms with Crippen LogP contribution in [0, 0.1) is 0 Å². The highest BCUT2D eigenvalue weighted by Crippen LogP contribution is 2.17. The second-order valence-corrected chi connectivity index (χ2v) is 4.86. The summed E-state index contributed by atoms with van der Waals surface area (Å²) in [6.45, 7) is 3.72. The van der Waals surface area contributed by atoms with Crippen molar-refractivity contribution in [1.82, 2.24) is 0 Å². The Morgan fingerprint density at radius 3 is 2.60 bits per heavy atom. The van der Waals surface area contributed by atoms with Gasteiger partial charge >= 0.3 is 10.2 Å². The first kappa shape index (κ1) is 12.0. The summed E-state index contributed by atoms with van der Waals surface area (Å²) < 4.78 is 38.6. The van der Waals surface area contributed by atoms with Crippen LogP contribution >= 0.6 is 0 Å². The molecule has 0 saturated heterocycles. The third kappa shape index (κ3) is 4.78. The van der Waals surface area contributed by atoms with Crippen molar-refractivity contribution in [3.05, 3.63) is 29.8 Å². The molecule has 1 aromatic rings. The molecule has 0 spiro atoms. The van der Waals surface area contributed by atoms with Crippen LogP contribution in [-0.4, -0.2) is 14.5 Å². The van der Waals surface area contributed by atoms with E-state index in [0.717, 1.165) is 0 Å². The minimum atomic E-state index is -4.48. The number of ether oxygens (including phenoxy) is 1. The Hall–Kier alpha value is -1.10. The van der Waals surface area contributed by atoms with Gasteiger partial charge < -0.3 is 4.74 Å². The second-order valence-electron chi connectivity index (χ2n) is 3.50. The van der Waals surface area contributed by atoms with E-state index in [-0.39, 0.29) is 6.10 Å². The fourth-order valence-electron chi connectivity index (χ4n) is 1.18. The first-order valence-corrected chi connectivity index (χ1v) is 6.10. The van der Waals surface area contributed by atoms with Crippen molar-refractivity contribution in [2.45, 2.75) is 25.7 Å². The van der Waals surface area contributed by atoms with Crippen LogP contribution in [0.4, 0.5) is 3.89 Å². The Balaban J connectivity index is 2.83. The number of hydrogen-bond acceptors (Lipinski definition) is 3. The molecule has 0 N–H and O–H groups in total. The van der Waals surface area contributed by atoms with Crippen LogP contribution in [0.15, 0.2) is 24.3 Å². The Bertz CT molecular complexity index is 426. The lowest BCUT2D eigenvalue weighted by atomic mass is 10.2. The van der Waals surface area contributed by atoms with E-state index in [9.17, 15) is 12.3 Å². The molecule has 1 aromatic carbocycles. The van der Waals surface area contributed by atoms with Gasteiger partial charge in [-0.1, -0.05) is 12.1 Å². The number of hydrogen-bond donors (Lipinski definition) is 0. The maximum atomic E-state index is 12.4. The molecule has 1 rings (SSSR count). The van der Waals surface area contributed by atoms with Crippen LogP contribution in [0.2, 0.25) is 0 Å². The van der Waals surface area contributed by atoms with Crippen molar-refractivity contribution in [2.24, 2.45) is 0 Å². The van der Waals surface area contributed by atoms with Crippen molar-refractivity contribution in [3.8, 4) is 5.75 Å². The number of halogens is 1. The molecule has 0 heterocycles. The number of benzene rings is 1. The lowest BCUT2D eigenvalue weighted by Crippen LogP contribution is -2.06. The van der Waals surface area contributed by atoms with E-state index in [1.807, 2.05) is 13.8 Å². The van der Waals surface area contributed by atoms with Crippen molar-refractivity contribution in [1.29, 1.82) is 0 Å². The highest BCUT2D eigenvalue weighted by Gasteiger charge is 2.09. The van der Waals surface area contributed by atoms with Crippen LogP contribution in [-0.2, 0) is 16.0 Å². The van der Waals surface area contributed by atoms with Crippen molar-refractivity contribution in [2.75, 3.05) is 0 Å². The third-order valence-corrected chi connectivity index (χ3v) is 2.29. The van der Waals surface area contributed by atoms with Gasteiger partial charge in [-0.25, -0.2) is 0 Å². The molecular weight excluding hydrogens is 219 g/mol. The van der Waals surface area contributed by atoms with Crippen molar-refractivity contribution >= 4 is 10.2 Å². The largest absolute Gasteiger partial charge is 0.491 e. The van der Waals surface area contributed by atoms with E-state index < -0.39 is 16.0 Å². The quantitative estimate of drug-likeness (QED) is 0.748. The molecule has 15 heavy (non-hydrogen) atoms. The van der Waals surface area contributed by atoms with Gasteiger partial charge in [-0.15, -0.1) is 3.89 Å². The normalized spacial score (nSPS) is 11.7. The highest BCUT2D eigenvalue weighted by molar-refractivity contribution is 7.85. The molecule has 0 saturated carbocycles. The summed E-state index contributed by atoms with van der Waals surface area (Å²) in [6, 6.07) is 6.41. The molecule has 0 atom stereocenters. The number of rotatable bonds is 4. The molecule has 0 aliphatic heterocycles. The molecular formula is C10H13FO3S. The molecule has 0 radical (unpaired) electrons. The first-order valence-electron chi connectivity index (χ1n) is 4.55. The molecule has 3 nitrogen and oxygen atoms in total. The van der Waals surface area contributed by atoms with Gasteiger partial charge in [0.15, 0.2) is 0 Å². The predicted molar refractivity (Wildman–Crippen MR) is 55.9 cm³/mol. The van der Waals surface area contributed by atoms with Crippen molar-refractivity contribution in [3.63, 3.8) is 0 Å². The van der Waals surface area contributed by atoms with Gasteiger partial charge in [0.25, 0.3) is 0 Å². The minimum Gasteiger partial charge on any atom is -0.491 e. The van der Waals surface area contributed by atoms with Gasteiger partial charge in [-0.3, -0.25) is 0 Å². The lowest BCUT2D eigenvalue weighted by molar-refractivity contribution is 0.242. The average molecular weight is 232 g/mol. The SMILES string of the molecule is CC(C)Oc1cccc(CS(=O)(=O)F)c1. The smallest absolute Gasteiger partial charge is 0.306 e. The van der Waals surface area contributed by atoms with Gasteiger partial charge in [-0.05, 0) is 31.5 Å². The van der Waals surface area contributed by atoms with E-state index in [0.29, 0.717) is 11.3 Å².